The predicted molar refractivity (Wildman–Crippen MR) is 121 cm³/mol. The molecule has 0 saturated carbocycles. The first-order valence-corrected chi connectivity index (χ1v) is 10.2. The smallest absolute Gasteiger partial charge is 0.243 e. The zero-order chi connectivity index (χ0) is 23.3. The number of carbonyl (C=O) groups excluding carboxylic acids is 1. The van der Waals surface area contributed by atoms with Crippen molar-refractivity contribution in [2.75, 3.05) is 32.8 Å². The third-order valence-electron chi connectivity index (χ3n) is 4.71. The van der Waals surface area contributed by atoms with Gasteiger partial charge in [-0.05, 0) is 12.2 Å². The van der Waals surface area contributed by atoms with Crippen molar-refractivity contribution in [1.29, 1.82) is 0 Å². The Hall–Kier alpha value is -2.88. The molecule has 1 aliphatic rings. The highest BCUT2D eigenvalue weighted by atomic mass is 35.5. The molecule has 2 heterocycles. The van der Waals surface area contributed by atoms with Gasteiger partial charge in [0.2, 0.25) is 11.9 Å². The summed E-state index contributed by atoms with van der Waals surface area (Å²) in [6.45, 7) is 4.13. The lowest BCUT2D eigenvalue weighted by Crippen LogP contribution is -2.45. The van der Waals surface area contributed by atoms with E-state index >= 15 is 0 Å². The molecule has 2 aromatic rings. The molecule has 8 nitrogen and oxygen atoms in total. The van der Waals surface area contributed by atoms with Crippen molar-refractivity contribution < 1.29 is 23.4 Å². The van der Waals surface area contributed by atoms with E-state index in [0.717, 1.165) is 6.08 Å². The van der Waals surface area contributed by atoms with Crippen LogP contribution in [-0.4, -0.2) is 55.4 Å². The van der Waals surface area contributed by atoms with E-state index in [4.69, 9.17) is 37.4 Å². The van der Waals surface area contributed by atoms with Gasteiger partial charge in [0.25, 0.3) is 0 Å². The first-order valence-electron chi connectivity index (χ1n) is 9.44. The Balaban J connectivity index is 1.78. The molecule has 1 aromatic carbocycles. The van der Waals surface area contributed by atoms with Crippen LogP contribution in [0.1, 0.15) is 11.1 Å². The van der Waals surface area contributed by atoms with Crippen LogP contribution in [0.25, 0.3) is 11.9 Å². The van der Waals surface area contributed by atoms with Gasteiger partial charge in [-0.1, -0.05) is 29.8 Å². The van der Waals surface area contributed by atoms with Crippen LogP contribution in [0.15, 0.2) is 31.1 Å². The standard InChI is InChI=1S/C21H21Cl2FN4O4/c1-4-18(29)27-14-9-32-10-15(14)28-21-25-7-11(8-26-21)13(24)5-12-19(22)16(30-2)6-17(31-3)20(12)23/h4-8,14-15H,1,9-10H2,2-3H3,(H,27,29)(H,25,26,28)/b13-5-/t14-,15?/m1/s1. The summed E-state index contributed by atoms with van der Waals surface area (Å²) in [6.07, 6.45) is 4.97. The van der Waals surface area contributed by atoms with Gasteiger partial charge >= 0.3 is 0 Å². The van der Waals surface area contributed by atoms with Crippen LogP contribution in [0, 0.1) is 0 Å². The second-order valence-corrected chi connectivity index (χ2v) is 7.47. The summed E-state index contributed by atoms with van der Waals surface area (Å²) < 4.78 is 30.7. The maximum atomic E-state index is 14.9. The SMILES string of the molecule is C=CC(=O)N[C@@H]1COCC1Nc1ncc(/C(F)=C/c2c(Cl)c(OC)cc(OC)c2Cl)cn1. The van der Waals surface area contributed by atoms with E-state index in [-0.39, 0.29) is 45.1 Å². The molecule has 0 aliphatic carbocycles. The van der Waals surface area contributed by atoms with Crippen LogP contribution < -0.4 is 20.1 Å². The molecule has 1 aliphatic heterocycles. The van der Waals surface area contributed by atoms with Crippen molar-refractivity contribution in [2.24, 2.45) is 0 Å². The van der Waals surface area contributed by atoms with Crippen molar-refractivity contribution in [1.82, 2.24) is 15.3 Å². The van der Waals surface area contributed by atoms with Gasteiger partial charge in [0.1, 0.15) is 17.3 Å². The number of anilines is 1. The van der Waals surface area contributed by atoms with Crippen molar-refractivity contribution in [3.63, 3.8) is 0 Å². The fraction of sp³-hybridized carbons (Fsp3) is 0.286. The number of hydrogen-bond acceptors (Lipinski definition) is 7. The molecule has 2 atom stereocenters. The fourth-order valence-electron chi connectivity index (χ4n) is 3.01. The normalized spacial score (nSPS) is 18.2. The molecule has 1 amide bonds. The number of carbonyl (C=O) groups is 1. The highest BCUT2D eigenvalue weighted by Crippen LogP contribution is 2.42. The van der Waals surface area contributed by atoms with Gasteiger partial charge in [0, 0.05) is 29.6 Å². The average Bonchev–Trinajstić information content (AvgIpc) is 3.23. The summed E-state index contributed by atoms with van der Waals surface area (Å²) >= 11 is 12.6. The van der Waals surface area contributed by atoms with Crippen LogP contribution in [0.2, 0.25) is 10.0 Å². The Labute approximate surface area is 194 Å². The summed E-state index contributed by atoms with van der Waals surface area (Å²) in [4.78, 5) is 19.8. The average molecular weight is 483 g/mol. The number of rotatable bonds is 8. The lowest BCUT2D eigenvalue weighted by atomic mass is 10.1. The molecule has 170 valence electrons. The Morgan fingerprint density at radius 2 is 1.78 bits per heavy atom. The van der Waals surface area contributed by atoms with Crippen LogP contribution in [0.5, 0.6) is 11.5 Å². The molecule has 1 aromatic heterocycles. The molecule has 2 N–H and O–H groups in total. The van der Waals surface area contributed by atoms with Gasteiger partial charge in [-0.3, -0.25) is 4.79 Å². The lowest BCUT2D eigenvalue weighted by molar-refractivity contribution is -0.117. The minimum atomic E-state index is -0.657. The number of nitrogens with one attached hydrogen (secondary N) is 2. The Morgan fingerprint density at radius 3 is 2.34 bits per heavy atom. The van der Waals surface area contributed by atoms with Crippen LogP contribution in [-0.2, 0) is 9.53 Å². The first-order chi connectivity index (χ1) is 15.4. The van der Waals surface area contributed by atoms with E-state index in [1.807, 2.05) is 0 Å². The quantitative estimate of drug-likeness (QED) is 0.553. The zero-order valence-corrected chi connectivity index (χ0v) is 18.8. The van der Waals surface area contributed by atoms with Gasteiger partial charge in [-0.2, -0.15) is 0 Å². The Bertz CT molecular complexity index is 1010. The largest absolute Gasteiger partial charge is 0.495 e. The second-order valence-electron chi connectivity index (χ2n) is 6.72. The minimum absolute atomic E-state index is 0.114. The van der Waals surface area contributed by atoms with Crippen LogP contribution >= 0.6 is 23.2 Å². The molecule has 11 heteroatoms. The van der Waals surface area contributed by atoms with Crippen molar-refractivity contribution in [3.8, 4) is 11.5 Å². The van der Waals surface area contributed by atoms with Crippen molar-refractivity contribution >= 4 is 47.0 Å². The molecule has 0 spiro atoms. The van der Waals surface area contributed by atoms with Gasteiger partial charge < -0.3 is 24.8 Å². The number of nitrogens with zero attached hydrogens (tertiary/aromatic N) is 2. The second kappa shape index (κ2) is 10.6. The molecule has 3 rings (SSSR count). The number of methoxy groups -OCH3 is 2. The van der Waals surface area contributed by atoms with E-state index < -0.39 is 5.83 Å². The molecule has 1 fully saturated rings. The topological polar surface area (TPSA) is 94.6 Å². The maximum absolute atomic E-state index is 14.9. The summed E-state index contributed by atoms with van der Waals surface area (Å²) in [5.74, 6) is -0.119. The van der Waals surface area contributed by atoms with Gasteiger partial charge in [-0.25, -0.2) is 14.4 Å². The zero-order valence-electron chi connectivity index (χ0n) is 17.3. The molecular formula is C21H21Cl2FN4O4. The van der Waals surface area contributed by atoms with E-state index in [1.54, 1.807) is 0 Å². The molecule has 32 heavy (non-hydrogen) atoms. The number of amides is 1. The number of hydrogen-bond donors (Lipinski definition) is 2. The third-order valence-corrected chi connectivity index (χ3v) is 5.49. The van der Waals surface area contributed by atoms with Gasteiger partial charge in [-0.15, -0.1) is 0 Å². The van der Waals surface area contributed by atoms with Crippen LogP contribution in [0.4, 0.5) is 10.3 Å². The fourth-order valence-corrected chi connectivity index (χ4v) is 3.62. The van der Waals surface area contributed by atoms with Crippen molar-refractivity contribution in [3.05, 3.63) is 52.3 Å². The maximum Gasteiger partial charge on any atom is 0.243 e. The molecule has 0 radical (unpaired) electrons. The molecule has 1 unspecified atom stereocenters. The number of halogens is 3. The lowest BCUT2D eigenvalue weighted by Gasteiger charge is -2.19. The third kappa shape index (κ3) is 5.29. The summed E-state index contributed by atoms with van der Waals surface area (Å²) in [5, 5.41) is 6.12. The van der Waals surface area contributed by atoms with Gasteiger partial charge in [0.15, 0.2) is 0 Å². The number of ether oxygens (including phenoxy) is 3. The minimum Gasteiger partial charge on any atom is -0.495 e. The summed E-state index contributed by atoms with van der Waals surface area (Å²) in [5.41, 5.74) is 0.316. The van der Waals surface area contributed by atoms with E-state index in [1.165, 1.54) is 38.8 Å². The van der Waals surface area contributed by atoms with E-state index in [0.29, 0.717) is 24.7 Å². The van der Waals surface area contributed by atoms with E-state index in [9.17, 15) is 9.18 Å². The Kier molecular flexibility index (Phi) is 7.89. The molecule has 1 saturated heterocycles. The van der Waals surface area contributed by atoms with Crippen LogP contribution in [0.3, 0.4) is 0 Å². The van der Waals surface area contributed by atoms with E-state index in [2.05, 4.69) is 27.2 Å². The first kappa shape index (κ1) is 23.8. The number of aromatic nitrogens is 2. The summed E-state index contributed by atoms with van der Waals surface area (Å²) in [6, 6.07) is 1.00. The highest BCUT2D eigenvalue weighted by molar-refractivity contribution is 6.39. The monoisotopic (exact) mass is 482 g/mol. The summed E-state index contributed by atoms with van der Waals surface area (Å²) in [7, 11) is 2.86. The highest BCUT2D eigenvalue weighted by Gasteiger charge is 2.29. The molecule has 0 bridgehead atoms. The molecular weight excluding hydrogens is 462 g/mol. The Morgan fingerprint density at radius 1 is 1.19 bits per heavy atom. The van der Waals surface area contributed by atoms with Gasteiger partial charge in [0.05, 0.1) is 49.6 Å². The predicted octanol–water partition coefficient (Wildman–Crippen LogP) is 3.75. The number of benzene rings is 1. The van der Waals surface area contributed by atoms with Crippen molar-refractivity contribution in [2.45, 2.75) is 12.1 Å².